The number of halogens is 3. The van der Waals surface area contributed by atoms with Crippen LogP contribution >= 0.6 is 15.9 Å². The second kappa shape index (κ2) is 7.96. The summed E-state index contributed by atoms with van der Waals surface area (Å²) in [5, 5.41) is 6.45. The van der Waals surface area contributed by atoms with Crippen molar-refractivity contribution in [1.29, 1.82) is 0 Å². The third kappa shape index (κ3) is 4.09. The third-order valence-corrected chi connectivity index (χ3v) is 4.72. The Morgan fingerprint density at radius 3 is 2.72 bits per heavy atom. The van der Waals surface area contributed by atoms with Gasteiger partial charge in [-0.3, -0.25) is 4.79 Å². The average Bonchev–Trinajstić information content (AvgIpc) is 3.35. The summed E-state index contributed by atoms with van der Waals surface area (Å²) in [6.45, 7) is -0.0729. The van der Waals surface area contributed by atoms with Crippen molar-refractivity contribution in [2.75, 3.05) is 5.32 Å². The molecule has 0 spiro atoms. The monoisotopic (exact) mass is 458 g/mol. The lowest BCUT2D eigenvalue weighted by Gasteiger charge is -2.08. The molecule has 2 aromatic carbocycles. The topological polar surface area (TPSA) is 73.0 Å². The maximum atomic E-state index is 13.7. The molecule has 146 valence electrons. The molecule has 2 heterocycles. The molecule has 0 aliphatic rings. The number of para-hydroxylation sites is 1. The van der Waals surface area contributed by atoms with Crippen LogP contribution in [0.3, 0.4) is 0 Å². The van der Waals surface area contributed by atoms with Crippen LogP contribution in [0.1, 0.15) is 0 Å². The zero-order chi connectivity index (χ0) is 20.4. The van der Waals surface area contributed by atoms with E-state index >= 15 is 0 Å². The van der Waals surface area contributed by atoms with Crippen LogP contribution in [0.15, 0.2) is 69.8 Å². The molecule has 1 N–H and O–H groups in total. The van der Waals surface area contributed by atoms with E-state index in [1.807, 2.05) is 0 Å². The largest absolute Gasteiger partial charge is 0.334 e. The lowest BCUT2D eigenvalue weighted by Crippen LogP contribution is -2.19. The van der Waals surface area contributed by atoms with Gasteiger partial charge in [-0.1, -0.05) is 17.3 Å². The molecule has 29 heavy (non-hydrogen) atoms. The minimum Gasteiger partial charge on any atom is -0.334 e. The van der Waals surface area contributed by atoms with Gasteiger partial charge in [-0.25, -0.2) is 8.78 Å². The maximum absolute atomic E-state index is 13.7. The Balaban J connectivity index is 1.54. The zero-order valence-corrected chi connectivity index (χ0v) is 16.4. The van der Waals surface area contributed by atoms with Crippen molar-refractivity contribution in [2.45, 2.75) is 6.54 Å². The average molecular weight is 459 g/mol. The van der Waals surface area contributed by atoms with E-state index in [9.17, 15) is 13.6 Å². The van der Waals surface area contributed by atoms with Crippen molar-refractivity contribution in [3.05, 3.63) is 76.9 Å². The number of anilines is 1. The predicted molar refractivity (Wildman–Crippen MR) is 106 cm³/mol. The highest BCUT2D eigenvalue weighted by Crippen LogP contribution is 2.26. The number of rotatable bonds is 5. The summed E-state index contributed by atoms with van der Waals surface area (Å²) in [4.78, 5) is 16.6. The van der Waals surface area contributed by atoms with Crippen LogP contribution in [-0.2, 0) is 11.3 Å². The van der Waals surface area contributed by atoms with Crippen LogP contribution in [0.2, 0.25) is 0 Å². The van der Waals surface area contributed by atoms with E-state index in [4.69, 9.17) is 4.52 Å². The minimum absolute atomic E-state index is 0.0729. The summed E-state index contributed by atoms with van der Waals surface area (Å²) in [6, 6.07) is 13.7. The first-order valence-electron chi connectivity index (χ1n) is 8.50. The van der Waals surface area contributed by atoms with Gasteiger partial charge in [0.1, 0.15) is 23.9 Å². The Labute approximate surface area is 172 Å². The Bertz CT molecular complexity index is 1190. The van der Waals surface area contributed by atoms with E-state index in [0.29, 0.717) is 11.3 Å². The van der Waals surface area contributed by atoms with Crippen LogP contribution in [0, 0.1) is 11.6 Å². The second-order valence-corrected chi connectivity index (χ2v) is 6.96. The van der Waals surface area contributed by atoms with E-state index < -0.39 is 17.5 Å². The smallest absolute Gasteiger partial charge is 0.274 e. The van der Waals surface area contributed by atoms with E-state index in [0.717, 1.165) is 0 Å². The maximum Gasteiger partial charge on any atom is 0.274 e. The van der Waals surface area contributed by atoms with Crippen LogP contribution in [0.4, 0.5) is 14.5 Å². The van der Waals surface area contributed by atoms with Gasteiger partial charge in [0.25, 0.3) is 5.89 Å². The van der Waals surface area contributed by atoms with Crippen molar-refractivity contribution in [1.82, 2.24) is 14.7 Å². The molecule has 4 rings (SSSR count). The van der Waals surface area contributed by atoms with E-state index in [1.165, 1.54) is 24.3 Å². The molecule has 2 aromatic heterocycles. The number of aromatic nitrogens is 3. The van der Waals surface area contributed by atoms with E-state index in [1.54, 1.807) is 41.1 Å². The van der Waals surface area contributed by atoms with Gasteiger partial charge in [0, 0.05) is 11.8 Å². The predicted octanol–water partition coefficient (Wildman–Crippen LogP) is 4.88. The molecule has 0 atom stereocenters. The van der Waals surface area contributed by atoms with Crippen LogP contribution in [-0.4, -0.2) is 20.6 Å². The molecule has 0 fully saturated rings. The molecule has 9 heteroatoms. The number of amides is 1. The highest BCUT2D eigenvalue weighted by atomic mass is 79.9. The lowest BCUT2D eigenvalue weighted by molar-refractivity contribution is -0.116. The molecule has 4 aromatic rings. The Morgan fingerprint density at radius 2 is 1.93 bits per heavy atom. The normalized spacial score (nSPS) is 10.9. The Kier molecular flexibility index (Phi) is 5.22. The minimum atomic E-state index is -0.513. The molecule has 0 radical (unpaired) electrons. The fourth-order valence-electron chi connectivity index (χ4n) is 2.73. The summed E-state index contributed by atoms with van der Waals surface area (Å²) >= 11 is 3.12. The molecule has 0 aliphatic carbocycles. The number of nitrogens with one attached hydrogen (secondary N) is 1. The number of carbonyl (C=O) groups excluding carboxylic acids is 1. The van der Waals surface area contributed by atoms with Crippen molar-refractivity contribution >= 4 is 27.5 Å². The van der Waals surface area contributed by atoms with Crippen molar-refractivity contribution in [2.24, 2.45) is 0 Å². The summed E-state index contributed by atoms with van der Waals surface area (Å²) in [6.07, 6.45) is 1.68. The Hall–Kier alpha value is -3.33. The first-order valence-corrected chi connectivity index (χ1v) is 9.29. The number of carbonyl (C=O) groups is 1. The van der Waals surface area contributed by atoms with Gasteiger partial charge in [0.15, 0.2) is 0 Å². The van der Waals surface area contributed by atoms with E-state index in [-0.39, 0.29) is 28.4 Å². The van der Waals surface area contributed by atoms with Crippen LogP contribution in [0.25, 0.3) is 23.0 Å². The fraction of sp³-hybridized carbons (Fsp3) is 0.0500. The number of hydrogen-bond acceptors (Lipinski definition) is 4. The summed E-state index contributed by atoms with van der Waals surface area (Å²) in [5.41, 5.74) is 1.20. The first kappa shape index (κ1) is 19.0. The van der Waals surface area contributed by atoms with Crippen molar-refractivity contribution < 1.29 is 18.1 Å². The Morgan fingerprint density at radius 1 is 1.10 bits per heavy atom. The van der Waals surface area contributed by atoms with Crippen LogP contribution < -0.4 is 5.32 Å². The van der Waals surface area contributed by atoms with Gasteiger partial charge in [0.05, 0.1) is 10.2 Å². The summed E-state index contributed by atoms with van der Waals surface area (Å²) in [5.74, 6) is -0.837. The van der Waals surface area contributed by atoms with Crippen LogP contribution in [0.5, 0.6) is 0 Å². The SMILES string of the molecule is O=C(Cn1cccc1-c1nc(-c2ccc(F)c(Br)c2)no1)Nc1ccccc1F. The van der Waals surface area contributed by atoms with Gasteiger partial charge in [-0.2, -0.15) is 4.98 Å². The highest BCUT2D eigenvalue weighted by Gasteiger charge is 2.16. The third-order valence-electron chi connectivity index (χ3n) is 4.11. The zero-order valence-electron chi connectivity index (χ0n) is 14.8. The number of nitrogens with zero attached hydrogens (tertiary/aromatic N) is 3. The van der Waals surface area contributed by atoms with Gasteiger partial charge in [0.2, 0.25) is 11.7 Å². The standard InChI is InChI=1S/C20H13BrF2N4O2/c21-13-10-12(7-8-14(13)22)19-25-20(29-26-19)17-6-3-9-27(17)11-18(28)24-16-5-2-1-4-15(16)23/h1-10H,11H2,(H,24,28). The molecular weight excluding hydrogens is 446 g/mol. The molecule has 1 amide bonds. The molecule has 0 saturated heterocycles. The molecule has 0 unspecified atom stereocenters. The fourth-order valence-corrected chi connectivity index (χ4v) is 3.11. The van der Waals surface area contributed by atoms with Gasteiger partial charge < -0.3 is 14.4 Å². The quantitative estimate of drug-likeness (QED) is 0.462. The van der Waals surface area contributed by atoms with E-state index in [2.05, 4.69) is 31.4 Å². The van der Waals surface area contributed by atoms with Crippen molar-refractivity contribution in [3.63, 3.8) is 0 Å². The lowest BCUT2D eigenvalue weighted by atomic mass is 10.2. The molecule has 0 aliphatic heterocycles. The molecule has 0 saturated carbocycles. The molecule has 0 bridgehead atoms. The molecule has 6 nitrogen and oxygen atoms in total. The van der Waals surface area contributed by atoms with Gasteiger partial charge >= 0.3 is 0 Å². The van der Waals surface area contributed by atoms with Crippen molar-refractivity contribution in [3.8, 4) is 23.0 Å². The highest BCUT2D eigenvalue weighted by molar-refractivity contribution is 9.10. The van der Waals surface area contributed by atoms with Gasteiger partial charge in [-0.15, -0.1) is 0 Å². The van der Waals surface area contributed by atoms with Gasteiger partial charge in [-0.05, 0) is 58.4 Å². The summed E-state index contributed by atoms with van der Waals surface area (Å²) < 4.78 is 34.3. The molecular formula is C20H13BrF2N4O2. The summed E-state index contributed by atoms with van der Waals surface area (Å²) in [7, 11) is 0. The number of benzene rings is 2. The number of hydrogen-bond donors (Lipinski definition) is 1. The second-order valence-electron chi connectivity index (χ2n) is 6.10. The first-order chi connectivity index (χ1) is 14.0.